The first kappa shape index (κ1) is 16.8. The second kappa shape index (κ2) is 8.82. The summed E-state index contributed by atoms with van der Waals surface area (Å²) in [5.74, 6) is 1.52. The summed E-state index contributed by atoms with van der Waals surface area (Å²) in [6.45, 7) is 6.91. The maximum absolute atomic E-state index is 9.30. The molecule has 0 aromatic heterocycles. The third-order valence-corrected chi connectivity index (χ3v) is 3.15. The molecule has 1 unspecified atom stereocenters. The summed E-state index contributed by atoms with van der Waals surface area (Å²) in [5, 5.41) is 12.6. The average Bonchev–Trinajstić information content (AvgIpc) is 2.45. The minimum atomic E-state index is 0.0657. The van der Waals surface area contributed by atoms with Crippen molar-refractivity contribution in [1.82, 2.24) is 5.32 Å². The summed E-state index contributed by atoms with van der Waals surface area (Å²) < 4.78 is 11.1. The second-order valence-electron chi connectivity index (χ2n) is 5.18. The van der Waals surface area contributed by atoms with Crippen LogP contribution < -0.4 is 14.8 Å². The molecule has 114 valence electrons. The molecule has 0 bridgehead atoms. The molecule has 1 atom stereocenters. The van der Waals surface area contributed by atoms with Crippen molar-refractivity contribution in [2.75, 3.05) is 20.3 Å². The van der Waals surface area contributed by atoms with Crippen molar-refractivity contribution >= 4 is 0 Å². The lowest BCUT2D eigenvalue weighted by Gasteiger charge is -2.19. The minimum Gasteiger partial charge on any atom is -0.493 e. The maximum atomic E-state index is 9.30. The van der Waals surface area contributed by atoms with Gasteiger partial charge in [-0.05, 0) is 30.5 Å². The van der Waals surface area contributed by atoms with E-state index < -0.39 is 0 Å². The summed E-state index contributed by atoms with van der Waals surface area (Å²) >= 11 is 0. The fraction of sp³-hybridized carbons (Fsp3) is 0.625. The Morgan fingerprint density at radius 2 is 2.00 bits per heavy atom. The zero-order chi connectivity index (χ0) is 15.0. The van der Waals surface area contributed by atoms with Gasteiger partial charge in [-0.1, -0.05) is 26.8 Å². The van der Waals surface area contributed by atoms with Crippen molar-refractivity contribution in [3.63, 3.8) is 0 Å². The van der Waals surface area contributed by atoms with Gasteiger partial charge in [-0.25, -0.2) is 0 Å². The van der Waals surface area contributed by atoms with Gasteiger partial charge in [-0.2, -0.15) is 0 Å². The molecule has 0 spiro atoms. The van der Waals surface area contributed by atoms with Crippen molar-refractivity contribution in [2.45, 2.75) is 45.7 Å². The Kier molecular flexibility index (Phi) is 7.41. The highest BCUT2D eigenvalue weighted by atomic mass is 16.5. The molecule has 0 heterocycles. The molecule has 0 aliphatic carbocycles. The van der Waals surface area contributed by atoms with Crippen LogP contribution in [-0.4, -0.2) is 37.5 Å². The van der Waals surface area contributed by atoms with Crippen LogP contribution in [0, 0.1) is 0 Å². The van der Waals surface area contributed by atoms with Crippen LogP contribution in [0.15, 0.2) is 18.2 Å². The van der Waals surface area contributed by atoms with Crippen LogP contribution in [0.1, 0.15) is 32.8 Å². The topological polar surface area (TPSA) is 50.7 Å². The van der Waals surface area contributed by atoms with Gasteiger partial charge in [0.05, 0.1) is 20.3 Å². The van der Waals surface area contributed by atoms with E-state index in [0.29, 0.717) is 12.6 Å². The van der Waals surface area contributed by atoms with Gasteiger partial charge in [0.1, 0.15) is 0 Å². The van der Waals surface area contributed by atoms with E-state index in [0.717, 1.165) is 24.3 Å². The van der Waals surface area contributed by atoms with Gasteiger partial charge in [-0.3, -0.25) is 0 Å². The van der Waals surface area contributed by atoms with E-state index in [1.807, 2.05) is 18.2 Å². The first-order valence-electron chi connectivity index (χ1n) is 7.27. The third kappa shape index (κ3) is 5.39. The molecule has 0 radical (unpaired) electrons. The lowest BCUT2D eigenvalue weighted by molar-refractivity contribution is 0.200. The van der Waals surface area contributed by atoms with Crippen LogP contribution >= 0.6 is 0 Å². The normalized spacial score (nSPS) is 12.5. The Balaban J connectivity index is 2.52. The number of benzene rings is 1. The Morgan fingerprint density at radius 1 is 1.25 bits per heavy atom. The monoisotopic (exact) mass is 281 g/mol. The van der Waals surface area contributed by atoms with E-state index in [-0.39, 0.29) is 12.6 Å². The molecule has 0 amide bonds. The Hall–Kier alpha value is -1.26. The molecular formula is C16H27NO3. The number of nitrogens with one attached hydrogen (secondary N) is 1. The molecule has 0 fully saturated rings. The standard InChI is InChI=1S/C16H27NO3/c1-5-13-6-7-15(16(10-13)19-4)20-9-8-14(11-18)17-12(2)3/h6-7,10,12,14,17-18H,5,8-9,11H2,1-4H3. The lowest BCUT2D eigenvalue weighted by Crippen LogP contribution is -2.38. The average molecular weight is 281 g/mol. The molecule has 1 aromatic carbocycles. The summed E-state index contributed by atoms with van der Waals surface area (Å²) in [7, 11) is 1.65. The lowest BCUT2D eigenvalue weighted by atomic mass is 10.1. The molecule has 1 aromatic rings. The van der Waals surface area contributed by atoms with Crippen molar-refractivity contribution in [3.8, 4) is 11.5 Å². The Labute approximate surface area is 122 Å². The van der Waals surface area contributed by atoms with Crippen LogP contribution in [-0.2, 0) is 6.42 Å². The Bertz CT molecular complexity index is 393. The summed E-state index contributed by atoms with van der Waals surface area (Å²) in [5.41, 5.74) is 1.23. The van der Waals surface area contributed by atoms with Gasteiger partial charge in [0.2, 0.25) is 0 Å². The molecule has 1 rings (SSSR count). The van der Waals surface area contributed by atoms with Crippen LogP contribution in [0.2, 0.25) is 0 Å². The number of aliphatic hydroxyl groups excluding tert-OH is 1. The number of ether oxygens (including phenoxy) is 2. The van der Waals surface area contributed by atoms with Gasteiger partial charge in [0.25, 0.3) is 0 Å². The van der Waals surface area contributed by atoms with E-state index >= 15 is 0 Å². The predicted molar refractivity (Wildman–Crippen MR) is 81.6 cm³/mol. The number of aryl methyl sites for hydroxylation is 1. The fourth-order valence-corrected chi connectivity index (χ4v) is 2.06. The summed E-state index contributed by atoms with van der Waals surface area (Å²) in [4.78, 5) is 0. The smallest absolute Gasteiger partial charge is 0.161 e. The summed E-state index contributed by atoms with van der Waals surface area (Å²) in [6.07, 6.45) is 1.73. The molecule has 0 aliphatic rings. The molecule has 4 heteroatoms. The predicted octanol–water partition coefficient (Wildman–Crippen LogP) is 2.39. The number of rotatable bonds is 9. The van der Waals surface area contributed by atoms with Crippen LogP contribution in [0.5, 0.6) is 11.5 Å². The maximum Gasteiger partial charge on any atom is 0.161 e. The molecule has 20 heavy (non-hydrogen) atoms. The van der Waals surface area contributed by atoms with Crippen molar-refractivity contribution in [3.05, 3.63) is 23.8 Å². The number of hydrogen-bond donors (Lipinski definition) is 2. The molecule has 0 saturated heterocycles. The minimum absolute atomic E-state index is 0.0657. The quantitative estimate of drug-likeness (QED) is 0.730. The highest BCUT2D eigenvalue weighted by Gasteiger charge is 2.10. The number of hydrogen-bond acceptors (Lipinski definition) is 4. The zero-order valence-corrected chi connectivity index (χ0v) is 13.0. The van der Waals surface area contributed by atoms with Crippen molar-refractivity contribution < 1.29 is 14.6 Å². The number of methoxy groups -OCH3 is 1. The van der Waals surface area contributed by atoms with E-state index in [2.05, 4.69) is 26.1 Å². The van der Waals surface area contributed by atoms with Crippen molar-refractivity contribution in [2.24, 2.45) is 0 Å². The molecular weight excluding hydrogens is 254 g/mol. The Morgan fingerprint density at radius 3 is 2.55 bits per heavy atom. The highest BCUT2D eigenvalue weighted by molar-refractivity contribution is 5.42. The van der Waals surface area contributed by atoms with E-state index in [4.69, 9.17) is 9.47 Å². The molecule has 0 aliphatic heterocycles. The van der Waals surface area contributed by atoms with E-state index in [1.54, 1.807) is 7.11 Å². The molecule has 0 saturated carbocycles. The molecule has 2 N–H and O–H groups in total. The summed E-state index contributed by atoms with van der Waals surface area (Å²) in [6, 6.07) is 6.42. The first-order chi connectivity index (χ1) is 9.60. The van der Waals surface area contributed by atoms with Crippen LogP contribution in [0.4, 0.5) is 0 Å². The van der Waals surface area contributed by atoms with E-state index in [9.17, 15) is 5.11 Å². The fourth-order valence-electron chi connectivity index (χ4n) is 2.06. The second-order valence-corrected chi connectivity index (χ2v) is 5.18. The van der Waals surface area contributed by atoms with Gasteiger partial charge in [0.15, 0.2) is 11.5 Å². The SMILES string of the molecule is CCc1ccc(OCCC(CO)NC(C)C)c(OC)c1. The first-order valence-corrected chi connectivity index (χ1v) is 7.27. The molecule has 4 nitrogen and oxygen atoms in total. The highest BCUT2D eigenvalue weighted by Crippen LogP contribution is 2.28. The van der Waals surface area contributed by atoms with Gasteiger partial charge < -0.3 is 19.9 Å². The van der Waals surface area contributed by atoms with Gasteiger partial charge in [-0.15, -0.1) is 0 Å². The largest absolute Gasteiger partial charge is 0.493 e. The third-order valence-electron chi connectivity index (χ3n) is 3.15. The zero-order valence-electron chi connectivity index (χ0n) is 13.0. The number of aliphatic hydroxyl groups is 1. The van der Waals surface area contributed by atoms with Crippen molar-refractivity contribution in [1.29, 1.82) is 0 Å². The van der Waals surface area contributed by atoms with Gasteiger partial charge >= 0.3 is 0 Å². The van der Waals surface area contributed by atoms with Gasteiger partial charge in [0, 0.05) is 12.1 Å². The van der Waals surface area contributed by atoms with Crippen LogP contribution in [0.3, 0.4) is 0 Å². The van der Waals surface area contributed by atoms with E-state index in [1.165, 1.54) is 5.56 Å². The van der Waals surface area contributed by atoms with Crippen LogP contribution in [0.25, 0.3) is 0 Å².